The van der Waals surface area contributed by atoms with Crippen LogP contribution in [0.1, 0.15) is 54.5 Å². The third kappa shape index (κ3) is 4.92. The predicted molar refractivity (Wildman–Crippen MR) is 139 cm³/mol. The lowest BCUT2D eigenvalue weighted by atomic mass is 9.91. The van der Waals surface area contributed by atoms with E-state index < -0.39 is 30.4 Å². The molecule has 2 amide bonds. The topological polar surface area (TPSA) is 169 Å². The van der Waals surface area contributed by atoms with Crippen LogP contribution in [0, 0.1) is 11.8 Å². The first-order valence-corrected chi connectivity index (χ1v) is 13.1. The Bertz CT molecular complexity index is 1460. The minimum atomic E-state index is -1.43. The first kappa shape index (κ1) is 25.2. The van der Waals surface area contributed by atoms with Crippen LogP contribution in [0.3, 0.4) is 0 Å². The second-order valence-electron chi connectivity index (χ2n) is 10.2. The summed E-state index contributed by atoms with van der Waals surface area (Å²) in [6.45, 7) is 0.202. The van der Waals surface area contributed by atoms with Gasteiger partial charge in [-0.3, -0.25) is 14.2 Å². The fourth-order valence-electron chi connectivity index (χ4n) is 4.81. The number of rotatable bonds is 6. The second kappa shape index (κ2) is 10.3. The Morgan fingerprint density at radius 2 is 1.90 bits per heavy atom. The molecule has 12 heteroatoms. The van der Waals surface area contributed by atoms with Crippen molar-refractivity contribution < 1.29 is 24.5 Å². The molecule has 0 radical (unpaired) electrons. The Balaban J connectivity index is 1.23. The fraction of sp³-hybridized carbons (Fsp3) is 0.444. The Morgan fingerprint density at radius 1 is 1.13 bits per heavy atom. The molecule has 3 aromatic rings. The van der Waals surface area contributed by atoms with Crippen molar-refractivity contribution >= 4 is 28.8 Å². The number of imidazole rings is 1. The lowest BCUT2D eigenvalue weighted by Crippen LogP contribution is -2.44. The van der Waals surface area contributed by atoms with Crippen LogP contribution in [0.15, 0.2) is 36.7 Å². The summed E-state index contributed by atoms with van der Waals surface area (Å²) in [7, 11) is 0. The number of fused-ring (bicyclic) bond motifs is 1. The summed E-state index contributed by atoms with van der Waals surface area (Å²) in [5.74, 6) is 5.54. The number of nitrogens with one attached hydrogen (secondary N) is 1. The summed E-state index contributed by atoms with van der Waals surface area (Å²) in [4.78, 5) is 40.3. The highest BCUT2D eigenvalue weighted by Crippen LogP contribution is 2.33. The number of nitrogen functional groups attached to an aromatic ring is 1. The maximum Gasteiger partial charge on any atom is 0.254 e. The highest BCUT2D eigenvalue weighted by molar-refractivity contribution is 5.94. The maximum absolute atomic E-state index is 13.1. The number of nitrogens with two attached hydrogens (primary N) is 1. The van der Waals surface area contributed by atoms with Crippen molar-refractivity contribution in [2.45, 2.75) is 68.7 Å². The second-order valence-corrected chi connectivity index (χ2v) is 10.2. The molecule has 1 aliphatic heterocycles. The minimum Gasteiger partial charge on any atom is -0.387 e. The SMILES string of the molecule is Nc1nc(C#CCN(C(=O)c2ccccc2)C2CCC2)nc2c1ncn2[C@@H]1O[C@H](C(=O)NC2CC2)[C@@H](O)C1O. The Kier molecular flexibility index (Phi) is 6.64. The average molecular weight is 532 g/mol. The van der Waals surface area contributed by atoms with E-state index in [0.29, 0.717) is 5.56 Å². The van der Waals surface area contributed by atoms with Gasteiger partial charge in [0.15, 0.2) is 23.8 Å². The molecule has 4 atom stereocenters. The number of anilines is 1. The largest absolute Gasteiger partial charge is 0.387 e. The van der Waals surface area contributed by atoms with Crippen LogP contribution in [-0.4, -0.2) is 83.4 Å². The number of aliphatic hydroxyl groups excluding tert-OH is 2. The predicted octanol–water partition coefficient (Wildman–Crippen LogP) is 0.353. The molecular formula is C27H29N7O5. The molecule has 12 nitrogen and oxygen atoms in total. The van der Waals surface area contributed by atoms with Gasteiger partial charge in [0.2, 0.25) is 5.82 Å². The number of nitrogens with zero attached hydrogens (tertiary/aromatic N) is 5. The molecule has 39 heavy (non-hydrogen) atoms. The normalized spacial score (nSPS) is 24.6. The standard InChI is InChI=1S/C27H29N7O5/c28-23-19-24(34(14-29-19)27-21(36)20(35)22(39-27)25(37)30-16-11-12-16)32-18(31-23)10-5-13-33(17-8-4-9-17)26(38)15-6-2-1-3-7-15/h1-3,6-7,14,16-17,20-22,27,35-36H,4,8-9,11-13H2,(H,30,37)(H2,28,31,32)/t20-,21?,22-,27+/m0/s1. The van der Waals surface area contributed by atoms with E-state index in [1.54, 1.807) is 17.0 Å². The minimum absolute atomic E-state index is 0.0743. The summed E-state index contributed by atoms with van der Waals surface area (Å²) in [6.07, 6.45) is 0.891. The molecule has 1 unspecified atom stereocenters. The van der Waals surface area contributed by atoms with Gasteiger partial charge in [0, 0.05) is 17.6 Å². The van der Waals surface area contributed by atoms with E-state index in [9.17, 15) is 19.8 Å². The number of amides is 2. The first-order valence-electron chi connectivity index (χ1n) is 13.1. The van der Waals surface area contributed by atoms with E-state index in [1.807, 2.05) is 18.2 Å². The summed E-state index contributed by atoms with van der Waals surface area (Å²) in [5.41, 5.74) is 7.25. The molecule has 3 heterocycles. The van der Waals surface area contributed by atoms with Crippen LogP contribution < -0.4 is 11.1 Å². The number of aliphatic hydroxyl groups is 2. The maximum atomic E-state index is 13.1. The fourth-order valence-corrected chi connectivity index (χ4v) is 4.81. The molecule has 5 N–H and O–H groups in total. The molecule has 0 spiro atoms. The van der Waals surface area contributed by atoms with Crippen molar-refractivity contribution in [2.75, 3.05) is 12.3 Å². The van der Waals surface area contributed by atoms with Crippen molar-refractivity contribution in [3.8, 4) is 11.8 Å². The number of hydrogen-bond acceptors (Lipinski definition) is 9. The number of ether oxygens (including phenoxy) is 1. The van der Waals surface area contributed by atoms with Gasteiger partial charge in [-0.1, -0.05) is 24.1 Å². The Hall–Kier alpha value is -4.05. The zero-order valence-electron chi connectivity index (χ0n) is 21.1. The quantitative estimate of drug-likeness (QED) is 0.328. The molecule has 2 saturated carbocycles. The highest BCUT2D eigenvalue weighted by atomic mass is 16.6. The van der Waals surface area contributed by atoms with E-state index >= 15 is 0 Å². The van der Waals surface area contributed by atoms with E-state index in [-0.39, 0.29) is 47.3 Å². The van der Waals surface area contributed by atoms with Crippen LogP contribution >= 0.6 is 0 Å². The first-order chi connectivity index (χ1) is 18.9. The lowest BCUT2D eigenvalue weighted by molar-refractivity contribution is -0.137. The number of hydrogen-bond donors (Lipinski definition) is 4. The monoisotopic (exact) mass is 531 g/mol. The van der Waals surface area contributed by atoms with Gasteiger partial charge >= 0.3 is 0 Å². The van der Waals surface area contributed by atoms with Crippen molar-refractivity contribution in [2.24, 2.45) is 0 Å². The van der Waals surface area contributed by atoms with Gasteiger partial charge in [-0.05, 0) is 50.2 Å². The summed E-state index contributed by atoms with van der Waals surface area (Å²) in [6, 6.07) is 9.33. The van der Waals surface area contributed by atoms with Gasteiger partial charge in [0.25, 0.3) is 11.8 Å². The molecule has 202 valence electrons. The summed E-state index contributed by atoms with van der Waals surface area (Å²) in [5, 5.41) is 24.0. The number of aromatic nitrogens is 4. The van der Waals surface area contributed by atoms with Crippen LogP contribution in [0.2, 0.25) is 0 Å². The number of benzene rings is 1. The zero-order chi connectivity index (χ0) is 27.1. The Labute approximate surface area is 224 Å². The average Bonchev–Trinajstić information content (AvgIpc) is 3.54. The molecule has 1 saturated heterocycles. The third-order valence-corrected chi connectivity index (χ3v) is 7.39. The van der Waals surface area contributed by atoms with Crippen LogP contribution in [0.5, 0.6) is 0 Å². The molecule has 3 aliphatic rings. The van der Waals surface area contributed by atoms with Gasteiger partial charge in [-0.15, -0.1) is 0 Å². The van der Waals surface area contributed by atoms with Gasteiger partial charge in [-0.25, -0.2) is 15.0 Å². The van der Waals surface area contributed by atoms with Crippen molar-refractivity contribution in [1.29, 1.82) is 0 Å². The number of carbonyl (C=O) groups is 2. The van der Waals surface area contributed by atoms with Crippen LogP contribution in [-0.2, 0) is 9.53 Å². The van der Waals surface area contributed by atoms with Gasteiger partial charge in [-0.2, -0.15) is 0 Å². The molecular weight excluding hydrogens is 502 g/mol. The summed E-state index contributed by atoms with van der Waals surface area (Å²) < 4.78 is 7.18. The molecule has 3 fully saturated rings. The van der Waals surface area contributed by atoms with Crippen LogP contribution in [0.4, 0.5) is 5.82 Å². The van der Waals surface area contributed by atoms with Crippen molar-refractivity contribution in [3.63, 3.8) is 0 Å². The van der Waals surface area contributed by atoms with E-state index in [0.717, 1.165) is 32.1 Å². The molecule has 2 aromatic heterocycles. The van der Waals surface area contributed by atoms with Crippen LogP contribution in [0.25, 0.3) is 11.2 Å². The number of carbonyl (C=O) groups excluding carboxylic acids is 2. The molecule has 0 bridgehead atoms. The lowest BCUT2D eigenvalue weighted by Gasteiger charge is -2.36. The molecule has 2 aliphatic carbocycles. The van der Waals surface area contributed by atoms with Gasteiger partial charge in [0.05, 0.1) is 12.9 Å². The Morgan fingerprint density at radius 3 is 2.59 bits per heavy atom. The molecule has 6 rings (SSSR count). The van der Waals surface area contributed by atoms with Gasteiger partial charge in [0.1, 0.15) is 17.7 Å². The highest BCUT2D eigenvalue weighted by Gasteiger charge is 2.48. The van der Waals surface area contributed by atoms with Crippen molar-refractivity contribution in [1.82, 2.24) is 29.7 Å². The molecule has 1 aromatic carbocycles. The van der Waals surface area contributed by atoms with E-state index in [4.69, 9.17) is 10.5 Å². The third-order valence-electron chi connectivity index (χ3n) is 7.39. The smallest absolute Gasteiger partial charge is 0.254 e. The van der Waals surface area contributed by atoms with E-state index in [2.05, 4.69) is 32.1 Å². The van der Waals surface area contributed by atoms with Crippen molar-refractivity contribution in [3.05, 3.63) is 48.0 Å². The zero-order valence-corrected chi connectivity index (χ0v) is 21.1. The van der Waals surface area contributed by atoms with Gasteiger partial charge < -0.3 is 30.9 Å². The summed E-state index contributed by atoms with van der Waals surface area (Å²) >= 11 is 0. The van der Waals surface area contributed by atoms with E-state index in [1.165, 1.54) is 10.9 Å².